The number of hydrogen-bond donors (Lipinski definition) is 2. The average Bonchev–Trinajstić information content (AvgIpc) is 2.52. The fourth-order valence-corrected chi connectivity index (χ4v) is 3.07. The molecule has 0 aromatic rings. The molecule has 0 aliphatic rings. The summed E-state index contributed by atoms with van der Waals surface area (Å²) >= 11 is 0. The molecule has 23 heavy (non-hydrogen) atoms. The largest absolute Gasteiger partial charge is 0.370 e. The number of nitrogens with zero attached hydrogens (tertiary/aromatic N) is 2. The van der Waals surface area contributed by atoms with Gasteiger partial charge in [0.05, 0.1) is 6.54 Å². The number of rotatable bonds is 16. The molecule has 0 fully saturated rings. The smallest absolute Gasteiger partial charge is 0.185 e. The normalized spacial score (nSPS) is 11.3. The van der Waals surface area contributed by atoms with Crippen molar-refractivity contribution in [2.24, 2.45) is 16.5 Å². The molecule has 0 saturated carbocycles. The van der Waals surface area contributed by atoms with Gasteiger partial charge < -0.3 is 16.4 Å². The fraction of sp³-hybridized carbons (Fsp3) is 0.947. The van der Waals surface area contributed by atoms with Gasteiger partial charge >= 0.3 is 0 Å². The Bertz CT molecular complexity index is 261. The molecule has 4 heteroatoms. The van der Waals surface area contributed by atoms with Gasteiger partial charge in [-0.15, -0.1) is 0 Å². The minimum absolute atomic E-state index is 0.203. The molecule has 0 aliphatic heterocycles. The van der Waals surface area contributed by atoms with Crippen LogP contribution in [0.4, 0.5) is 0 Å². The Morgan fingerprint density at radius 2 is 1.30 bits per heavy atom. The first-order valence-electron chi connectivity index (χ1n) is 9.87. The van der Waals surface area contributed by atoms with E-state index in [1.807, 2.05) is 0 Å². The van der Waals surface area contributed by atoms with E-state index in [0.29, 0.717) is 12.6 Å². The van der Waals surface area contributed by atoms with Gasteiger partial charge in [0.15, 0.2) is 5.96 Å². The molecule has 138 valence electrons. The Kier molecular flexibility index (Phi) is 15.6. The zero-order chi connectivity index (χ0) is 17.3. The number of guanidine groups is 1. The van der Waals surface area contributed by atoms with E-state index in [-0.39, 0.29) is 5.96 Å². The van der Waals surface area contributed by atoms with E-state index >= 15 is 0 Å². The highest BCUT2D eigenvalue weighted by Gasteiger charge is 2.13. The molecule has 4 N–H and O–H groups in total. The van der Waals surface area contributed by atoms with E-state index in [1.54, 1.807) is 0 Å². The second-order valence-corrected chi connectivity index (χ2v) is 6.85. The van der Waals surface area contributed by atoms with Crippen molar-refractivity contribution in [3.63, 3.8) is 0 Å². The Morgan fingerprint density at radius 3 is 1.74 bits per heavy atom. The zero-order valence-corrected chi connectivity index (χ0v) is 16.0. The molecule has 4 nitrogen and oxygen atoms in total. The van der Waals surface area contributed by atoms with Crippen LogP contribution in [-0.2, 0) is 0 Å². The van der Waals surface area contributed by atoms with Crippen molar-refractivity contribution in [3.05, 3.63) is 0 Å². The van der Waals surface area contributed by atoms with Crippen LogP contribution in [0.1, 0.15) is 90.9 Å². The maximum absolute atomic E-state index is 5.42. The van der Waals surface area contributed by atoms with Crippen LogP contribution in [0.5, 0.6) is 0 Å². The monoisotopic (exact) mass is 326 g/mol. The van der Waals surface area contributed by atoms with Crippen LogP contribution in [0.25, 0.3) is 0 Å². The van der Waals surface area contributed by atoms with Crippen LogP contribution in [0, 0.1) is 0 Å². The number of unbranched alkanes of at least 4 members (excludes halogenated alkanes) is 8. The summed E-state index contributed by atoms with van der Waals surface area (Å²) in [5.41, 5.74) is 10.8. The third-order valence-electron chi connectivity index (χ3n) is 4.65. The predicted octanol–water partition coefficient (Wildman–Crippen LogP) is 4.28. The van der Waals surface area contributed by atoms with Crippen LogP contribution in [0.2, 0.25) is 0 Å². The van der Waals surface area contributed by atoms with Crippen molar-refractivity contribution in [1.82, 2.24) is 4.90 Å². The summed E-state index contributed by atoms with van der Waals surface area (Å²) in [4.78, 5) is 6.58. The lowest BCUT2D eigenvalue weighted by molar-refractivity contribution is 0.215. The Balaban J connectivity index is 4.10. The number of hydrogen-bond acceptors (Lipinski definition) is 2. The molecular formula is C19H42N4. The summed E-state index contributed by atoms with van der Waals surface area (Å²) in [7, 11) is 2.23. The van der Waals surface area contributed by atoms with Gasteiger partial charge in [0, 0.05) is 12.6 Å². The molecule has 0 spiro atoms. The summed E-state index contributed by atoms with van der Waals surface area (Å²) in [6.45, 7) is 6.21. The highest BCUT2D eigenvalue weighted by Crippen LogP contribution is 2.17. The molecule has 0 bridgehead atoms. The van der Waals surface area contributed by atoms with Crippen LogP contribution < -0.4 is 11.5 Å². The van der Waals surface area contributed by atoms with Crippen molar-refractivity contribution in [1.29, 1.82) is 0 Å². The van der Waals surface area contributed by atoms with Gasteiger partial charge in [-0.25, -0.2) is 0 Å². The van der Waals surface area contributed by atoms with Gasteiger partial charge in [0.25, 0.3) is 0 Å². The van der Waals surface area contributed by atoms with E-state index in [9.17, 15) is 0 Å². The highest BCUT2D eigenvalue weighted by atomic mass is 15.1. The van der Waals surface area contributed by atoms with Crippen molar-refractivity contribution in [2.75, 3.05) is 20.1 Å². The van der Waals surface area contributed by atoms with Gasteiger partial charge in [-0.2, -0.15) is 0 Å². The van der Waals surface area contributed by atoms with Gasteiger partial charge in [-0.3, -0.25) is 4.99 Å². The van der Waals surface area contributed by atoms with E-state index < -0.39 is 0 Å². The number of nitrogens with two attached hydrogens (primary N) is 2. The maximum Gasteiger partial charge on any atom is 0.185 e. The first kappa shape index (κ1) is 22.2. The molecule has 0 amide bonds. The zero-order valence-electron chi connectivity index (χ0n) is 16.0. The summed E-state index contributed by atoms with van der Waals surface area (Å²) in [5, 5.41) is 0. The SMILES string of the molecule is CCCCCCCC(CCCCCCC)N(C)CCN=C(N)N. The fourth-order valence-electron chi connectivity index (χ4n) is 3.07. The minimum atomic E-state index is 0.203. The van der Waals surface area contributed by atoms with E-state index in [0.717, 1.165) is 6.54 Å². The van der Waals surface area contributed by atoms with Crippen LogP contribution in [-0.4, -0.2) is 37.0 Å². The summed E-state index contributed by atoms with van der Waals surface area (Å²) in [5.74, 6) is 0.203. The number of aliphatic imine (C=N–C) groups is 1. The molecular weight excluding hydrogens is 284 g/mol. The lowest BCUT2D eigenvalue weighted by Crippen LogP contribution is -2.34. The topological polar surface area (TPSA) is 67.6 Å². The summed E-state index contributed by atoms with van der Waals surface area (Å²) < 4.78 is 0. The third kappa shape index (κ3) is 14.5. The molecule has 0 heterocycles. The summed E-state index contributed by atoms with van der Waals surface area (Å²) in [6.07, 6.45) is 16.3. The second kappa shape index (κ2) is 16.1. The Hall–Kier alpha value is -0.770. The van der Waals surface area contributed by atoms with E-state index in [1.165, 1.54) is 77.0 Å². The Labute approximate surface area is 145 Å². The molecule has 0 aliphatic carbocycles. The lowest BCUT2D eigenvalue weighted by atomic mass is 9.99. The van der Waals surface area contributed by atoms with Crippen LogP contribution >= 0.6 is 0 Å². The van der Waals surface area contributed by atoms with Gasteiger partial charge in [-0.1, -0.05) is 78.1 Å². The van der Waals surface area contributed by atoms with Crippen molar-refractivity contribution < 1.29 is 0 Å². The molecule has 0 saturated heterocycles. The first-order chi connectivity index (χ1) is 11.1. The predicted molar refractivity (Wildman–Crippen MR) is 104 cm³/mol. The molecule has 0 radical (unpaired) electrons. The first-order valence-corrected chi connectivity index (χ1v) is 9.87. The number of likely N-dealkylation sites (N-methyl/N-ethyl adjacent to an activating group) is 1. The van der Waals surface area contributed by atoms with Crippen molar-refractivity contribution in [3.8, 4) is 0 Å². The maximum atomic E-state index is 5.42. The third-order valence-corrected chi connectivity index (χ3v) is 4.65. The standard InChI is InChI=1S/C19H42N4/c1-4-6-8-10-12-14-18(15-13-11-9-7-5-2)23(3)17-16-22-19(20)21/h18H,4-17H2,1-3H3,(H4,20,21,22). The average molecular weight is 327 g/mol. The van der Waals surface area contributed by atoms with E-state index in [4.69, 9.17) is 11.5 Å². The van der Waals surface area contributed by atoms with Crippen molar-refractivity contribution >= 4 is 5.96 Å². The second-order valence-electron chi connectivity index (χ2n) is 6.85. The summed E-state index contributed by atoms with van der Waals surface area (Å²) in [6, 6.07) is 0.687. The van der Waals surface area contributed by atoms with Gasteiger partial charge in [0.2, 0.25) is 0 Å². The van der Waals surface area contributed by atoms with Crippen LogP contribution in [0.15, 0.2) is 4.99 Å². The van der Waals surface area contributed by atoms with Gasteiger partial charge in [-0.05, 0) is 19.9 Å². The lowest BCUT2D eigenvalue weighted by Gasteiger charge is -2.28. The molecule has 0 aromatic carbocycles. The Morgan fingerprint density at radius 1 is 0.826 bits per heavy atom. The van der Waals surface area contributed by atoms with E-state index in [2.05, 4.69) is 30.8 Å². The molecule has 0 aromatic heterocycles. The molecule has 0 rings (SSSR count). The van der Waals surface area contributed by atoms with Crippen LogP contribution in [0.3, 0.4) is 0 Å². The van der Waals surface area contributed by atoms with Crippen molar-refractivity contribution in [2.45, 2.75) is 96.9 Å². The molecule has 0 atom stereocenters. The minimum Gasteiger partial charge on any atom is -0.370 e. The highest BCUT2D eigenvalue weighted by molar-refractivity contribution is 5.75. The van der Waals surface area contributed by atoms with Gasteiger partial charge in [0.1, 0.15) is 0 Å². The molecule has 0 unspecified atom stereocenters. The quantitative estimate of drug-likeness (QED) is 0.253.